The normalized spacial score (nSPS) is 16.0. The molecule has 0 saturated heterocycles. The maximum Gasteiger partial charge on any atom is 0.231 e. The molecule has 1 aliphatic rings. The first-order valence-electron chi connectivity index (χ1n) is 8.62. The van der Waals surface area contributed by atoms with E-state index in [2.05, 4.69) is 31.6 Å². The van der Waals surface area contributed by atoms with Gasteiger partial charge in [-0.15, -0.1) is 0 Å². The number of amides is 2. The van der Waals surface area contributed by atoms with Gasteiger partial charge in [0, 0.05) is 4.47 Å². The van der Waals surface area contributed by atoms with Crippen LogP contribution in [0.15, 0.2) is 51.9 Å². The molecule has 0 radical (unpaired) electrons. The third-order valence-electron chi connectivity index (χ3n) is 4.25. The fourth-order valence-electron chi connectivity index (χ4n) is 2.89. The van der Waals surface area contributed by atoms with Crippen LogP contribution in [0.5, 0.6) is 11.5 Å². The molecule has 8 heteroatoms. The molecule has 146 valence electrons. The number of ether oxygens (including phenoxy) is 2. The lowest BCUT2D eigenvalue weighted by atomic mass is 10.0. The first-order valence-corrected chi connectivity index (χ1v) is 9.41. The summed E-state index contributed by atoms with van der Waals surface area (Å²) in [5, 5.41) is 5.28. The predicted molar refractivity (Wildman–Crippen MR) is 108 cm³/mol. The lowest BCUT2D eigenvalue weighted by Crippen LogP contribution is -2.47. The van der Waals surface area contributed by atoms with E-state index in [0.717, 1.165) is 15.6 Å². The Kier molecular flexibility index (Phi) is 6.30. The SMILES string of the molecule is COc1ccc(CC(=O)NC2=N[C@@H](c3ccc(Br)cc3)CC(=O)N2)cc1OC. The Labute approximate surface area is 171 Å². The Balaban J connectivity index is 1.70. The Morgan fingerprint density at radius 2 is 1.89 bits per heavy atom. The summed E-state index contributed by atoms with van der Waals surface area (Å²) >= 11 is 3.39. The molecule has 2 N–H and O–H groups in total. The molecule has 0 fully saturated rings. The average molecular weight is 446 g/mol. The first-order chi connectivity index (χ1) is 13.5. The van der Waals surface area contributed by atoms with Gasteiger partial charge in [-0.2, -0.15) is 0 Å². The van der Waals surface area contributed by atoms with Crippen molar-refractivity contribution < 1.29 is 19.1 Å². The van der Waals surface area contributed by atoms with Crippen LogP contribution >= 0.6 is 15.9 Å². The van der Waals surface area contributed by atoms with E-state index in [1.54, 1.807) is 25.3 Å². The largest absolute Gasteiger partial charge is 0.493 e. The van der Waals surface area contributed by atoms with Crippen LogP contribution in [-0.2, 0) is 16.0 Å². The maximum atomic E-state index is 12.4. The van der Waals surface area contributed by atoms with Crippen LogP contribution in [-0.4, -0.2) is 32.0 Å². The number of benzene rings is 2. The fourth-order valence-corrected chi connectivity index (χ4v) is 3.15. The van der Waals surface area contributed by atoms with Crippen molar-refractivity contribution in [3.8, 4) is 11.5 Å². The highest BCUT2D eigenvalue weighted by Crippen LogP contribution is 2.28. The van der Waals surface area contributed by atoms with E-state index in [1.165, 1.54) is 7.11 Å². The van der Waals surface area contributed by atoms with Gasteiger partial charge in [0.1, 0.15) is 0 Å². The summed E-state index contributed by atoms with van der Waals surface area (Å²) in [5.41, 5.74) is 1.66. The fraction of sp³-hybridized carbons (Fsp3) is 0.250. The number of hydrogen-bond acceptors (Lipinski definition) is 5. The Morgan fingerprint density at radius 3 is 2.57 bits per heavy atom. The molecule has 1 atom stereocenters. The highest BCUT2D eigenvalue weighted by molar-refractivity contribution is 9.10. The monoisotopic (exact) mass is 445 g/mol. The van der Waals surface area contributed by atoms with Gasteiger partial charge < -0.3 is 9.47 Å². The zero-order valence-electron chi connectivity index (χ0n) is 15.5. The van der Waals surface area contributed by atoms with Crippen molar-refractivity contribution in [2.24, 2.45) is 4.99 Å². The third-order valence-corrected chi connectivity index (χ3v) is 4.78. The van der Waals surface area contributed by atoms with Crippen LogP contribution in [0.2, 0.25) is 0 Å². The molecule has 2 amide bonds. The summed E-state index contributed by atoms with van der Waals surface area (Å²) in [6.07, 6.45) is 0.342. The summed E-state index contributed by atoms with van der Waals surface area (Å²) in [5.74, 6) is 0.820. The minimum atomic E-state index is -0.335. The molecule has 0 bridgehead atoms. The summed E-state index contributed by atoms with van der Waals surface area (Å²) in [6, 6.07) is 12.5. The van der Waals surface area contributed by atoms with Crippen LogP contribution in [0.25, 0.3) is 0 Å². The Hall–Kier alpha value is -2.87. The van der Waals surface area contributed by atoms with Crippen molar-refractivity contribution >= 4 is 33.7 Å². The molecular formula is C20H20BrN3O4. The van der Waals surface area contributed by atoms with E-state index in [1.807, 2.05) is 24.3 Å². The Morgan fingerprint density at radius 1 is 1.18 bits per heavy atom. The van der Waals surface area contributed by atoms with Gasteiger partial charge in [-0.3, -0.25) is 20.2 Å². The zero-order chi connectivity index (χ0) is 20.1. The highest BCUT2D eigenvalue weighted by atomic mass is 79.9. The zero-order valence-corrected chi connectivity index (χ0v) is 17.1. The quantitative estimate of drug-likeness (QED) is 0.740. The molecule has 28 heavy (non-hydrogen) atoms. The lowest BCUT2D eigenvalue weighted by molar-refractivity contribution is -0.120. The highest BCUT2D eigenvalue weighted by Gasteiger charge is 2.23. The molecule has 0 spiro atoms. The minimum absolute atomic E-state index is 0.109. The van der Waals surface area contributed by atoms with E-state index in [0.29, 0.717) is 11.5 Å². The number of hydrogen-bond donors (Lipinski definition) is 2. The van der Waals surface area contributed by atoms with Crippen LogP contribution < -0.4 is 20.1 Å². The van der Waals surface area contributed by atoms with Gasteiger partial charge in [-0.05, 0) is 35.4 Å². The van der Waals surface area contributed by atoms with Crippen LogP contribution in [0, 0.1) is 0 Å². The van der Waals surface area contributed by atoms with Crippen molar-refractivity contribution in [2.45, 2.75) is 18.9 Å². The molecule has 2 aromatic carbocycles. The second-order valence-electron chi connectivity index (χ2n) is 6.21. The number of carbonyl (C=O) groups is 2. The van der Waals surface area contributed by atoms with Gasteiger partial charge in [0.05, 0.1) is 33.1 Å². The van der Waals surface area contributed by atoms with Gasteiger partial charge >= 0.3 is 0 Å². The van der Waals surface area contributed by atoms with Crippen LogP contribution in [0.1, 0.15) is 23.6 Å². The number of guanidine groups is 1. The number of nitrogens with one attached hydrogen (secondary N) is 2. The molecule has 0 aliphatic carbocycles. The van der Waals surface area contributed by atoms with E-state index >= 15 is 0 Å². The average Bonchev–Trinajstić information content (AvgIpc) is 2.67. The molecular weight excluding hydrogens is 426 g/mol. The third kappa shape index (κ3) is 4.89. The summed E-state index contributed by atoms with van der Waals surface area (Å²) < 4.78 is 11.4. The summed E-state index contributed by atoms with van der Waals surface area (Å²) in [6.45, 7) is 0. The molecule has 7 nitrogen and oxygen atoms in total. The number of methoxy groups -OCH3 is 2. The van der Waals surface area contributed by atoms with Crippen molar-refractivity contribution in [3.05, 3.63) is 58.1 Å². The molecule has 2 aromatic rings. The molecule has 1 aliphatic heterocycles. The van der Waals surface area contributed by atoms with E-state index in [-0.39, 0.29) is 36.7 Å². The molecule has 3 rings (SSSR count). The molecule has 0 aromatic heterocycles. The Bertz CT molecular complexity index is 912. The number of carbonyl (C=O) groups excluding carboxylic acids is 2. The van der Waals surface area contributed by atoms with E-state index in [9.17, 15) is 9.59 Å². The maximum absolute atomic E-state index is 12.4. The van der Waals surface area contributed by atoms with Gasteiger partial charge in [-0.1, -0.05) is 34.1 Å². The summed E-state index contributed by atoms with van der Waals surface area (Å²) in [4.78, 5) is 28.9. The van der Waals surface area contributed by atoms with Crippen molar-refractivity contribution in [1.82, 2.24) is 10.6 Å². The number of halogens is 1. The number of aliphatic imine (C=N–C) groups is 1. The lowest BCUT2D eigenvalue weighted by Gasteiger charge is -2.21. The second-order valence-corrected chi connectivity index (χ2v) is 7.13. The van der Waals surface area contributed by atoms with Gasteiger partial charge in [0.25, 0.3) is 0 Å². The van der Waals surface area contributed by atoms with Gasteiger partial charge in [-0.25, -0.2) is 4.99 Å². The predicted octanol–water partition coefficient (Wildman–Crippen LogP) is 2.74. The summed E-state index contributed by atoms with van der Waals surface area (Å²) in [7, 11) is 3.09. The van der Waals surface area contributed by atoms with Gasteiger partial charge in [0.15, 0.2) is 11.5 Å². The smallest absolute Gasteiger partial charge is 0.231 e. The molecule has 0 saturated carbocycles. The standard InChI is InChI=1S/C20H20BrN3O4/c1-27-16-8-3-12(9-17(16)28-2)10-18(25)23-20-22-15(11-19(26)24-20)13-4-6-14(21)7-5-13/h3-9,15H,10-11H2,1-2H3,(H2,22,23,24,25,26)/t15-/m1/s1. The van der Waals surface area contributed by atoms with E-state index < -0.39 is 0 Å². The van der Waals surface area contributed by atoms with Crippen molar-refractivity contribution in [2.75, 3.05) is 14.2 Å². The van der Waals surface area contributed by atoms with Crippen LogP contribution in [0.4, 0.5) is 0 Å². The minimum Gasteiger partial charge on any atom is -0.493 e. The molecule has 1 heterocycles. The van der Waals surface area contributed by atoms with Crippen molar-refractivity contribution in [3.63, 3.8) is 0 Å². The topological polar surface area (TPSA) is 89.0 Å². The number of nitrogens with zero attached hydrogens (tertiary/aromatic N) is 1. The second kappa shape index (κ2) is 8.88. The first kappa shape index (κ1) is 19.9. The number of rotatable bonds is 5. The van der Waals surface area contributed by atoms with Crippen molar-refractivity contribution in [1.29, 1.82) is 0 Å². The molecule has 0 unspecified atom stereocenters. The van der Waals surface area contributed by atoms with E-state index in [4.69, 9.17) is 9.47 Å². The van der Waals surface area contributed by atoms with Crippen LogP contribution in [0.3, 0.4) is 0 Å². The van der Waals surface area contributed by atoms with Gasteiger partial charge in [0.2, 0.25) is 17.8 Å².